The number of thiophene rings is 1. The number of nitrogens with zero attached hydrogens (tertiary/aromatic N) is 4. The Morgan fingerprint density at radius 1 is 1.03 bits per heavy atom. The Hall–Kier alpha value is -4.01. The predicted octanol–water partition coefficient (Wildman–Crippen LogP) is 6.21. The van der Waals surface area contributed by atoms with E-state index in [-0.39, 0.29) is 0 Å². The number of aromatic nitrogens is 4. The van der Waals surface area contributed by atoms with Gasteiger partial charge in [0.05, 0.1) is 27.5 Å². The van der Waals surface area contributed by atoms with Crippen LogP contribution >= 0.6 is 22.9 Å². The molecule has 0 amide bonds. The summed E-state index contributed by atoms with van der Waals surface area (Å²) < 4.78 is 13.6. The molecule has 4 aromatic heterocycles. The standard InChI is InChI=1S/C26H15ClN4O3S/c1-13-10-11-18(35-13)19-20-22(15-7-3-5-9-17(15)33-26(20)32)34-25-21(19)24-29-23(30-31(24)12-28-25)14-6-2-4-8-16(14)27/h2-12,19H,1H3. The minimum atomic E-state index is -0.479. The van der Waals surface area contributed by atoms with Crippen molar-refractivity contribution < 1.29 is 9.15 Å². The second kappa shape index (κ2) is 7.49. The van der Waals surface area contributed by atoms with E-state index in [1.54, 1.807) is 34.3 Å². The Morgan fingerprint density at radius 2 is 1.86 bits per heavy atom. The zero-order valence-electron chi connectivity index (χ0n) is 18.2. The van der Waals surface area contributed by atoms with Crippen LogP contribution in [0, 0.1) is 6.92 Å². The SMILES string of the molecule is Cc1ccc(C2c3c(c4ccccc4oc3=O)Oc3ncn4nc(-c5ccccc5Cl)nc4c32)s1. The highest BCUT2D eigenvalue weighted by Crippen LogP contribution is 2.50. The molecule has 7 rings (SSSR count). The summed E-state index contributed by atoms with van der Waals surface area (Å²) in [5, 5.41) is 5.88. The van der Waals surface area contributed by atoms with Crippen LogP contribution in [-0.4, -0.2) is 19.6 Å². The summed E-state index contributed by atoms with van der Waals surface area (Å²) in [5.41, 5.74) is 2.35. The van der Waals surface area contributed by atoms with Crippen molar-refractivity contribution in [1.82, 2.24) is 19.6 Å². The third-order valence-corrected chi connectivity index (χ3v) is 7.52. The Kier molecular flexibility index (Phi) is 4.36. The second-order valence-electron chi connectivity index (χ2n) is 8.26. The molecule has 0 radical (unpaired) electrons. The van der Waals surface area contributed by atoms with E-state index in [0.717, 1.165) is 9.75 Å². The molecule has 35 heavy (non-hydrogen) atoms. The van der Waals surface area contributed by atoms with Crippen LogP contribution in [-0.2, 0) is 0 Å². The third-order valence-electron chi connectivity index (χ3n) is 6.12. The molecule has 0 aliphatic carbocycles. The molecule has 0 bridgehead atoms. The lowest BCUT2D eigenvalue weighted by Crippen LogP contribution is -2.21. The number of benzene rings is 2. The van der Waals surface area contributed by atoms with Crippen LogP contribution in [0.2, 0.25) is 5.02 Å². The van der Waals surface area contributed by atoms with Gasteiger partial charge in [-0.15, -0.1) is 16.4 Å². The molecule has 0 saturated heterocycles. The van der Waals surface area contributed by atoms with Crippen LogP contribution in [0.3, 0.4) is 0 Å². The fraction of sp³-hybridized carbons (Fsp3) is 0.0769. The molecule has 5 heterocycles. The summed E-state index contributed by atoms with van der Waals surface area (Å²) in [6.07, 6.45) is 1.57. The van der Waals surface area contributed by atoms with Gasteiger partial charge in [0.25, 0.3) is 0 Å². The van der Waals surface area contributed by atoms with E-state index in [4.69, 9.17) is 25.7 Å². The molecule has 170 valence electrons. The maximum absolute atomic E-state index is 13.4. The van der Waals surface area contributed by atoms with Crippen LogP contribution in [0.25, 0.3) is 28.0 Å². The van der Waals surface area contributed by atoms with Gasteiger partial charge in [0.15, 0.2) is 17.2 Å². The summed E-state index contributed by atoms with van der Waals surface area (Å²) >= 11 is 8.03. The first-order valence-electron chi connectivity index (χ1n) is 10.9. The van der Waals surface area contributed by atoms with Gasteiger partial charge in [0, 0.05) is 15.3 Å². The van der Waals surface area contributed by atoms with E-state index in [1.807, 2.05) is 55.5 Å². The largest absolute Gasteiger partial charge is 0.437 e. The van der Waals surface area contributed by atoms with Crippen molar-refractivity contribution in [2.45, 2.75) is 12.8 Å². The van der Waals surface area contributed by atoms with Crippen molar-refractivity contribution >= 4 is 39.6 Å². The van der Waals surface area contributed by atoms with E-state index in [1.165, 1.54) is 0 Å². The fourth-order valence-corrected chi connectivity index (χ4v) is 5.80. The number of para-hydroxylation sites is 1. The molecule has 1 aliphatic heterocycles. The van der Waals surface area contributed by atoms with E-state index in [9.17, 15) is 4.79 Å². The van der Waals surface area contributed by atoms with Gasteiger partial charge < -0.3 is 9.15 Å². The van der Waals surface area contributed by atoms with Crippen molar-refractivity contribution in [3.05, 3.63) is 103 Å². The van der Waals surface area contributed by atoms with Crippen molar-refractivity contribution in [1.29, 1.82) is 0 Å². The summed E-state index contributed by atoms with van der Waals surface area (Å²) in [7, 11) is 0. The van der Waals surface area contributed by atoms with Gasteiger partial charge in [-0.25, -0.2) is 19.3 Å². The molecule has 0 saturated carbocycles. The summed E-state index contributed by atoms with van der Waals surface area (Å²) in [4.78, 5) is 24.8. The number of hydrogen-bond donors (Lipinski definition) is 0. The van der Waals surface area contributed by atoms with Crippen LogP contribution < -0.4 is 10.4 Å². The molecule has 0 fully saturated rings. The molecule has 1 atom stereocenters. The van der Waals surface area contributed by atoms with Gasteiger partial charge in [0.2, 0.25) is 5.88 Å². The lowest BCUT2D eigenvalue weighted by Gasteiger charge is -2.26. The van der Waals surface area contributed by atoms with Crippen molar-refractivity contribution in [3.8, 4) is 23.0 Å². The average molecular weight is 499 g/mol. The predicted molar refractivity (Wildman–Crippen MR) is 134 cm³/mol. The van der Waals surface area contributed by atoms with Crippen LogP contribution in [0.4, 0.5) is 0 Å². The lowest BCUT2D eigenvalue weighted by atomic mass is 9.88. The summed E-state index contributed by atoms with van der Waals surface area (Å²) in [6, 6.07) is 18.8. The van der Waals surface area contributed by atoms with Gasteiger partial charge in [-0.3, -0.25) is 0 Å². The van der Waals surface area contributed by atoms with E-state index < -0.39 is 11.5 Å². The Labute approximate surface area is 207 Å². The first kappa shape index (κ1) is 20.4. The molecule has 7 nitrogen and oxygen atoms in total. The molecule has 0 spiro atoms. The smallest absolute Gasteiger partial charge is 0.344 e. The van der Waals surface area contributed by atoms with Gasteiger partial charge in [0.1, 0.15) is 11.9 Å². The highest BCUT2D eigenvalue weighted by molar-refractivity contribution is 7.12. The number of aryl methyl sites for hydroxylation is 1. The molecule has 2 aromatic carbocycles. The molecular formula is C26H15ClN4O3S. The minimum Gasteiger partial charge on any atom is -0.437 e. The van der Waals surface area contributed by atoms with Crippen molar-refractivity contribution in [2.75, 3.05) is 0 Å². The maximum Gasteiger partial charge on any atom is 0.344 e. The van der Waals surface area contributed by atoms with E-state index >= 15 is 0 Å². The van der Waals surface area contributed by atoms with Crippen LogP contribution in [0.1, 0.15) is 26.8 Å². The summed E-state index contributed by atoms with van der Waals surface area (Å²) in [5.74, 6) is 0.828. The zero-order chi connectivity index (χ0) is 23.7. The second-order valence-corrected chi connectivity index (χ2v) is 9.99. The van der Waals surface area contributed by atoms with Gasteiger partial charge >= 0.3 is 5.63 Å². The Morgan fingerprint density at radius 3 is 2.69 bits per heavy atom. The highest BCUT2D eigenvalue weighted by Gasteiger charge is 2.38. The number of ether oxygens (including phenoxy) is 1. The monoisotopic (exact) mass is 498 g/mol. The maximum atomic E-state index is 13.4. The molecule has 6 aromatic rings. The number of fused-ring (bicyclic) bond motifs is 6. The minimum absolute atomic E-state index is 0.384. The first-order chi connectivity index (χ1) is 17.1. The van der Waals surface area contributed by atoms with E-state index in [0.29, 0.717) is 55.8 Å². The molecule has 0 N–H and O–H groups in total. The number of rotatable bonds is 2. The van der Waals surface area contributed by atoms with Crippen molar-refractivity contribution in [2.24, 2.45) is 0 Å². The Bertz CT molecular complexity index is 1860. The molecule has 9 heteroatoms. The normalized spacial score (nSPS) is 14.6. The highest BCUT2D eigenvalue weighted by atomic mass is 35.5. The van der Waals surface area contributed by atoms with Crippen LogP contribution in [0.5, 0.6) is 11.6 Å². The quantitative estimate of drug-likeness (QED) is 0.264. The number of hydrogen-bond acceptors (Lipinski definition) is 7. The Balaban J connectivity index is 1.56. The molecule has 1 aliphatic rings. The lowest BCUT2D eigenvalue weighted by molar-refractivity contribution is 0.423. The third kappa shape index (κ3) is 3.03. The fourth-order valence-electron chi connectivity index (χ4n) is 4.58. The van der Waals surface area contributed by atoms with Crippen molar-refractivity contribution in [3.63, 3.8) is 0 Å². The molecule has 1 unspecified atom stereocenters. The first-order valence-corrected chi connectivity index (χ1v) is 12.1. The average Bonchev–Trinajstić information content (AvgIpc) is 3.49. The zero-order valence-corrected chi connectivity index (χ0v) is 19.8. The summed E-state index contributed by atoms with van der Waals surface area (Å²) in [6.45, 7) is 2.03. The topological polar surface area (TPSA) is 82.5 Å². The van der Waals surface area contributed by atoms with Gasteiger partial charge in [-0.2, -0.15) is 0 Å². The van der Waals surface area contributed by atoms with E-state index in [2.05, 4.69) is 10.1 Å². The number of halogens is 1. The van der Waals surface area contributed by atoms with Gasteiger partial charge in [-0.05, 0) is 43.3 Å². The van der Waals surface area contributed by atoms with Crippen LogP contribution in [0.15, 0.2) is 76.2 Å². The van der Waals surface area contributed by atoms with Gasteiger partial charge in [-0.1, -0.05) is 35.9 Å². The molecular weight excluding hydrogens is 484 g/mol.